The summed E-state index contributed by atoms with van der Waals surface area (Å²) in [4.78, 5) is 11.1. The molecule has 0 aromatic carbocycles. The van der Waals surface area contributed by atoms with Crippen LogP contribution < -0.4 is 5.14 Å². The highest BCUT2D eigenvalue weighted by Gasteiger charge is 2.24. The van der Waals surface area contributed by atoms with E-state index in [9.17, 15) is 13.2 Å². The van der Waals surface area contributed by atoms with Crippen LogP contribution in [0.15, 0.2) is 8.68 Å². The predicted octanol–water partition coefficient (Wildman–Crippen LogP) is 2.01. The number of nitrogens with two attached hydrogens (primary N) is 1. The number of hydrogen-bond acceptors (Lipinski definition) is 4. The Morgan fingerprint density at radius 1 is 1.57 bits per heavy atom. The fourth-order valence-electron chi connectivity index (χ4n) is 0.841. The van der Waals surface area contributed by atoms with E-state index in [0.29, 0.717) is 0 Å². The highest BCUT2D eigenvalue weighted by atomic mass is 79.9. The number of carbonyl (C=O) groups is 1. The minimum absolute atomic E-state index is 0.119. The largest absolute Gasteiger partial charge is 0.294 e. The summed E-state index contributed by atoms with van der Waals surface area (Å²) in [6.45, 7) is 1.30. The van der Waals surface area contributed by atoms with Gasteiger partial charge >= 0.3 is 0 Å². The summed E-state index contributed by atoms with van der Waals surface area (Å²) in [5, 5.41) is 4.92. The van der Waals surface area contributed by atoms with Gasteiger partial charge in [-0.2, -0.15) is 0 Å². The first-order chi connectivity index (χ1) is 6.25. The number of hydrogen-bond donors (Lipinski definition) is 1. The molecule has 0 bridgehead atoms. The van der Waals surface area contributed by atoms with Gasteiger partial charge in [-0.15, -0.1) is 11.3 Å². The Morgan fingerprint density at radius 2 is 2.07 bits per heavy atom. The third-order valence-corrected chi connectivity index (χ3v) is 5.57. The van der Waals surface area contributed by atoms with E-state index in [0.717, 1.165) is 11.3 Å². The first-order valence-corrected chi connectivity index (χ1v) is 6.80. The number of ketones is 1. The zero-order chi connectivity index (χ0) is 11.1. The molecule has 1 rings (SSSR count). The Bertz CT molecular complexity index is 493. The predicted molar refractivity (Wildman–Crippen MR) is 58.4 cm³/mol. The second-order valence-corrected chi connectivity index (χ2v) is 6.63. The SMILES string of the molecule is CC(=O)c1c(Cl)sc(S(N)(=O)=O)c1Br. The Balaban J connectivity index is 3.55. The molecule has 1 aromatic heterocycles. The van der Waals surface area contributed by atoms with E-state index >= 15 is 0 Å². The van der Waals surface area contributed by atoms with Crippen molar-refractivity contribution < 1.29 is 13.2 Å². The lowest BCUT2D eigenvalue weighted by molar-refractivity contribution is 0.101. The van der Waals surface area contributed by atoms with Crippen LogP contribution in [0.2, 0.25) is 4.34 Å². The minimum atomic E-state index is -3.83. The van der Waals surface area contributed by atoms with Crippen molar-refractivity contribution in [1.82, 2.24) is 0 Å². The van der Waals surface area contributed by atoms with Crippen molar-refractivity contribution >= 4 is 54.7 Å². The van der Waals surface area contributed by atoms with Gasteiger partial charge in [0.05, 0.1) is 10.0 Å². The lowest BCUT2D eigenvalue weighted by atomic mass is 10.2. The smallest absolute Gasteiger partial charge is 0.248 e. The molecule has 1 heterocycles. The molecule has 0 aliphatic heterocycles. The van der Waals surface area contributed by atoms with Crippen molar-refractivity contribution in [2.75, 3.05) is 0 Å². The normalized spacial score (nSPS) is 11.7. The van der Waals surface area contributed by atoms with E-state index < -0.39 is 10.0 Å². The van der Waals surface area contributed by atoms with Crippen molar-refractivity contribution in [3.05, 3.63) is 14.4 Å². The van der Waals surface area contributed by atoms with E-state index in [1.54, 1.807) is 0 Å². The summed E-state index contributed by atoms with van der Waals surface area (Å²) in [7, 11) is -3.83. The number of sulfonamides is 1. The number of thiophene rings is 1. The maximum atomic E-state index is 11.1. The van der Waals surface area contributed by atoms with Crippen molar-refractivity contribution in [2.45, 2.75) is 11.1 Å². The molecule has 0 radical (unpaired) electrons. The van der Waals surface area contributed by atoms with Gasteiger partial charge in [0.2, 0.25) is 10.0 Å². The van der Waals surface area contributed by atoms with E-state index in [1.807, 2.05) is 0 Å². The van der Waals surface area contributed by atoms with Crippen LogP contribution >= 0.6 is 38.9 Å². The Morgan fingerprint density at radius 3 is 2.29 bits per heavy atom. The van der Waals surface area contributed by atoms with Gasteiger partial charge in [0.25, 0.3) is 0 Å². The summed E-state index contributed by atoms with van der Waals surface area (Å²) in [6, 6.07) is 0. The lowest BCUT2D eigenvalue weighted by Gasteiger charge is -1.94. The van der Waals surface area contributed by atoms with Crippen molar-refractivity contribution in [1.29, 1.82) is 0 Å². The maximum absolute atomic E-state index is 11.1. The van der Waals surface area contributed by atoms with Gasteiger partial charge in [0.15, 0.2) is 9.99 Å². The molecule has 78 valence electrons. The quantitative estimate of drug-likeness (QED) is 0.847. The highest BCUT2D eigenvalue weighted by Crippen LogP contribution is 2.39. The number of rotatable bonds is 2. The summed E-state index contributed by atoms with van der Waals surface area (Å²) < 4.78 is 22.2. The summed E-state index contributed by atoms with van der Waals surface area (Å²) in [6.07, 6.45) is 0. The highest BCUT2D eigenvalue weighted by molar-refractivity contribution is 9.10. The molecule has 8 heteroatoms. The molecule has 1 aromatic rings. The first kappa shape index (κ1) is 12.1. The van der Waals surface area contributed by atoms with Crippen molar-refractivity contribution in [2.24, 2.45) is 5.14 Å². The third-order valence-electron chi connectivity index (χ3n) is 1.39. The van der Waals surface area contributed by atoms with Crippen molar-refractivity contribution in [3.8, 4) is 0 Å². The summed E-state index contributed by atoms with van der Waals surface area (Å²) in [5.74, 6) is -0.312. The van der Waals surface area contributed by atoms with Gasteiger partial charge in [-0.25, -0.2) is 13.6 Å². The average molecular weight is 319 g/mol. The third kappa shape index (κ3) is 2.17. The first-order valence-electron chi connectivity index (χ1n) is 3.26. The molecule has 0 amide bonds. The molecule has 14 heavy (non-hydrogen) atoms. The van der Waals surface area contributed by atoms with Crippen LogP contribution in [0.1, 0.15) is 17.3 Å². The monoisotopic (exact) mass is 317 g/mol. The second kappa shape index (κ2) is 3.90. The molecule has 2 N–H and O–H groups in total. The van der Waals surface area contributed by atoms with Crippen LogP contribution in [0.4, 0.5) is 0 Å². The average Bonchev–Trinajstić information content (AvgIpc) is 2.24. The van der Waals surface area contributed by atoms with Crippen LogP contribution in [-0.2, 0) is 10.0 Å². The van der Waals surface area contributed by atoms with Gasteiger partial charge in [-0.05, 0) is 22.9 Å². The van der Waals surface area contributed by atoms with Crippen LogP contribution in [0.3, 0.4) is 0 Å². The molecule has 0 unspecified atom stereocenters. The molecular weight excluding hydrogens is 314 g/mol. The minimum Gasteiger partial charge on any atom is -0.294 e. The number of carbonyl (C=O) groups excluding carboxylic acids is 1. The molecule has 0 spiro atoms. The van der Waals surface area contributed by atoms with Crippen molar-refractivity contribution in [3.63, 3.8) is 0 Å². The van der Waals surface area contributed by atoms with Crippen LogP contribution in [0, 0.1) is 0 Å². The van der Waals surface area contributed by atoms with E-state index in [1.165, 1.54) is 6.92 Å². The molecular formula is C6H5BrClNO3S2. The summed E-state index contributed by atoms with van der Waals surface area (Å²) in [5.41, 5.74) is 0.153. The van der Waals surface area contributed by atoms with Gasteiger partial charge in [-0.1, -0.05) is 11.6 Å². The molecule has 0 saturated heterocycles. The Kier molecular flexibility index (Phi) is 3.37. The molecule has 0 atom stereocenters. The molecule has 0 saturated carbocycles. The zero-order valence-electron chi connectivity index (χ0n) is 6.87. The number of Topliss-reactive ketones (excluding diaryl/α,β-unsaturated/α-hetero) is 1. The second-order valence-electron chi connectivity index (χ2n) is 2.45. The number of halogens is 2. The molecule has 0 fully saturated rings. The van der Waals surface area contributed by atoms with Crippen LogP contribution in [0.5, 0.6) is 0 Å². The standard InChI is InChI=1S/C6H5BrClNO3S2/c1-2(10)3-4(7)6(13-5(3)8)14(9,11)12/h1H3,(H2,9,11,12). The van der Waals surface area contributed by atoms with E-state index in [-0.39, 0.29) is 24.4 Å². The zero-order valence-corrected chi connectivity index (χ0v) is 10.8. The summed E-state index contributed by atoms with van der Waals surface area (Å²) >= 11 is 9.44. The molecule has 0 aliphatic carbocycles. The van der Waals surface area contributed by atoms with E-state index in [2.05, 4.69) is 15.9 Å². The Labute approximate surface area is 98.2 Å². The van der Waals surface area contributed by atoms with Crippen LogP contribution in [0.25, 0.3) is 0 Å². The van der Waals surface area contributed by atoms with Gasteiger partial charge in [0, 0.05) is 0 Å². The van der Waals surface area contributed by atoms with E-state index in [4.69, 9.17) is 16.7 Å². The van der Waals surface area contributed by atoms with Gasteiger partial charge in [-0.3, -0.25) is 4.79 Å². The number of primary sulfonamides is 1. The molecule has 0 aliphatic rings. The topological polar surface area (TPSA) is 77.2 Å². The Hall–Kier alpha value is 0.0500. The fraction of sp³-hybridized carbons (Fsp3) is 0.167. The van der Waals surface area contributed by atoms with Gasteiger partial charge < -0.3 is 0 Å². The van der Waals surface area contributed by atoms with Gasteiger partial charge in [0.1, 0.15) is 4.34 Å². The molecule has 4 nitrogen and oxygen atoms in total. The van der Waals surface area contributed by atoms with Crippen LogP contribution in [-0.4, -0.2) is 14.2 Å². The maximum Gasteiger partial charge on any atom is 0.248 e. The fourth-order valence-corrected chi connectivity index (χ4v) is 4.85. The lowest BCUT2D eigenvalue weighted by Crippen LogP contribution is -2.11.